The number of hydrogen-bond donors (Lipinski definition) is 2. The predicted octanol–water partition coefficient (Wildman–Crippen LogP) is 3.73. The zero-order valence-electron chi connectivity index (χ0n) is 17.4. The van der Waals surface area contributed by atoms with Crippen LogP contribution in [-0.4, -0.2) is 30.9 Å². The van der Waals surface area contributed by atoms with Gasteiger partial charge in [0, 0.05) is 11.3 Å². The first-order valence-corrected chi connectivity index (χ1v) is 9.71. The van der Waals surface area contributed by atoms with E-state index >= 15 is 0 Å². The van der Waals surface area contributed by atoms with Gasteiger partial charge in [-0.1, -0.05) is 38.1 Å². The summed E-state index contributed by atoms with van der Waals surface area (Å²) in [5.41, 5.74) is 4.30. The number of carbonyl (C=O) groups is 3. The van der Waals surface area contributed by atoms with E-state index in [1.807, 2.05) is 44.2 Å². The summed E-state index contributed by atoms with van der Waals surface area (Å²) in [5.74, 6) is -1.16. The van der Waals surface area contributed by atoms with Crippen molar-refractivity contribution in [1.29, 1.82) is 0 Å². The molecule has 0 aliphatic carbocycles. The summed E-state index contributed by atoms with van der Waals surface area (Å²) >= 11 is 0. The van der Waals surface area contributed by atoms with Crippen molar-refractivity contribution in [2.24, 2.45) is 0 Å². The summed E-state index contributed by atoms with van der Waals surface area (Å²) in [4.78, 5) is 36.1. The summed E-state index contributed by atoms with van der Waals surface area (Å²) in [7, 11) is 0. The van der Waals surface area contributed by atoms with Gasteiger partial charge in [0.2, 0.25) is 0 Å². The minimum atomic E-state index is -0.674. The Morgan fingerprint density at radius 1 is 1.03 bits per heavy atom. The Labute approximate surface area is 171 Å². The van der Waals surface area contributed by atoms with Crippen molar-refractivity contribution < 1.29 is 19.1 Å². The van der Waals surface area contributed by atoms with Gasteiger partial charge in [-0.05, 0) is 61.1 Å². The third kappa shape index (κ3) is 6.45. The van der Waals surface area contributed by atoms with Gasteiger partial charge in [0.25, 0.3) is 11.8 Å². The highest BCUT2D eigenvalue weighted by atomic mass is 16.5. The molecular formula is C23H28N2O4. The molecule has 2 N–H and O–H groups in total. The Bertz CT molecular complexity index is 892. The Morgan fingerprint density at radius 2 is 1.76 bits per heavy atom. The number of amides is 2. The van der Waals surface area contributed by atoms with Crippen molar-refractivity contribution in [3.8, 4) is 0 Å². The lowest BCUT2D eigenvalue weighted by molar-refractivity contribution is -0.146. The van der Waals surface area contributed by atoms with Crippen molar-refractivity contribution in [2.45, 2.75) is 40.0 Å². The number of rotatable bonds is 8. The lowest BCUT2D eigenvalue weighted by atomic mass is 9.97. The van der Waals surface area contributed by atoms with Gasteiger partial charge in [-0.3, -0.25) is 14.4 Å². The van der Waals surface area contributed by atoms with Gasteiger partial charge in [0.15, 0.2) is 6.61 Å². The first kappa shape index (κ1) is 22.1. The minimum absolute atomic E-state index is 0.301. The van der Waals surface area contributed by atoms with Crippen LogP contribution in [0.2, 0.25) is 0 Å². The monoisotopic (exact) mass is 396 g/mol. The van der Waals surface area contributed by atoms with Gasteiger partial charge >= 0.3 is 5.97 Å². The highest BCUT2D eigenvalue weighted by Crippen LogP contribution is 2.26. The molecular weight excluding hydrogens is 368 g/mol. The first-order chi connectivity index (χ1) is 13.8. The fourth-order valence-electron chi connectivity index (χ4n) is 2.78. The van der Waals surface area contributed by atoms with Crippen LogP contribution in [0, 0.1) is 13.8 Å². The molecule has 0 saturated carbocycles. The molecule has 29 heavy (non-hydrogen) atoms. The number of anilines is 1. The van der Waals surface area contributed by atoms with E-state index < -0.39 is 18.5 Å². The van der Waals surface area contributed by atoms with Gasteiger partial charge in [-0.15, -0.1) is 0 Å². The smallest absolute Gasteiger partial charge is 0.325 e. The molecule has 2 rings (SSSR count). The van der Waals surface area contributed by atoms with Crippen LogP contribution in [0.15, 0.2) is 42.5 Å². The zero-order chi connectivity index (χ0) is 21.4. The van der Waals surface area contributed by atoms with E-state index in [1.165, 1.54) is 0 Å². The molecule has 0 aromatic heterocycles. The Hall–Kier alpha value is -3.15. The predicted molar refractivity (Wildman–Crippen MR) is 113 cm³/mol. The molecule has 6 heteroatoms. The lowest BCUT2D eigenvalue weighted by Gasteiger charge is -2.15. The molecule has 2 aromatic rings. The quantitative estimate of drug-likeness (QED) is 0.666. The summed E-state index contributed by atoms with van der Waals surface area (Å²) in [6.45, 7) is 7.33. The van der Waals surface area contributed by atoms with Crippen molar-refractivity contribution in [3.63, 3.8) is 0 Å². The van der Waals surface area contributed by atoms with E-state index in [1.54, 1.807) is 12.1 Å². The van der Waals surface area contributed by atoms with Crippen LogP contribution < -0.4 is 10.6 Å². The van der Waals surface area contributed by atoms with Crippen LogP contribution in [0.1, 0.15) is 53.2 Å². The van der Waals surface area contributed by atoms with Crippen molar-refractivity contribution >= 4 is 23.5 Å². The van der Waals surface area contributed by atoms with E-state index in [-0.39, 0.29) is 12.5 Å². The molecule has 1 atom stereocenters. The summed E-state index contributed by atoms with van der Waals surface area (Å²) in [5, 5.41) is 5.29. The fraction of sp³-hybridized carbons (Fsp3) is 0.348. The molecule has 0 saturated heterocycles. The molecule has 0 spiro atoms. The molecule has 0 bridgehead atoms. The van der Waals surface area contributed by atoms with Gasteiger partial charge in [-0.2, -0.15) is 0 Å². The largest absolute Gasteiger partial charge is 0.454 e. The second kappa shape index (κ2) is 10.4. The number of esters is 1. The Kier molecular flexibility index (Phi) is 7.95. The molecule has 0 heterocycles. The van der Waals surface area contributed by atoms with E-state index in [0.717, 1.165) is 23.1 Å². The Morgan fingerprint density at radius 3 is 2.45 bits per heavy atom. The highest BCUT2D eigenvalue weighted by Gasteiger charge is 2.14. The molecule has 0 aliphatic heterocycles. The van der Waals surface area contributed by atoms with Crippen LogP contribution in [0.5, 0.6) is 0 Å². The van der Waals surface area contributed by atoms with E-state index in [9.17, 15) is 14.4 Å². The topological polar surface area (TPSA) is 84.5 Å². The van der Waals surface area contributed by atoms with Gasteiger partial charge in [0.1, 0.15) is 6.54 Å². The molecule has 2 aromatic carbocycles. The normalized spacial score (nSPS) is 11.4. The number of benzene rings is 2. The standard InChI is InChI=1S/C23H28N2O4/c1-5-15(2)19-8-6-7-9-20(19)25-21(26)14-29-22(27)13-24-23(28)18-11-10-16(3)17(4)12-18/h6-12,15H,5,13-14H2,1-4H3,(H,24,28)(H,25,26)/t15-/m1/s1. The maximum absolute atomic E-state index is 12.1. The third-order valence-corrected chi connectivity index (χ3v) is 4.90. The van der Waals surface area contributed by atoms with E-state index in [4.69, 9.17) is 4.74 Å². The molecule has 154 valence electrons. The second-order valence-corrected chi connectivity index (χ2v) is 7.09. The van der Waals surface area contributed by atoms with E-state index in [0.29, 0.717) is 17.2 Å². The fourth-order valence-corrected chi connectivity index (χ4v) is 2.78. The van der Waals surface area contributed by atoms with Gasteiger partial charge in [0.05, 0.1) is 0 Å². The minimum Gasteiger partial charge on any atom is -0.454 e. The molecule has 0 aliphatic rings. The summed E-state index contributed by atoms with van der Waals surface area (Å²) in [6.07, 6.45) is 0.947. The molecule has 6 nitrogen and oxygen atoms in total. The maximum Gasteiger partial charge on any atom is 0.325 e. The van der Waals surface area contributed by atoms with Crippen LogP contribution in [0.25, 0.3) is 0 Å². The lowest BCUT2D eigenvalue weighted by Crippen LogP contribution is -2.32. The first-order valence-electron chi connectivity index (χ1n) is 9.71. The van der Waals surface area contributed by atoms with Crippen molar-refractivity contribution in [3.05, 3.63) is 64.7 Å². The molecule has 2 amide bonds. The third-order valence-electron chi connectivity index (χ3n) is 4.90. The van der Waals surface area contributed by atoms with Crippen LogP contribution in [0.3, 0.4) is 0 Å². The number of carbonyl (C=O) groups excluding carboxylic acids is 3. The summed E-state index contributed by atoms with van der Waals surface area (Å²) < 4.78 is 4.97. The number of nitrogens with one attached hydrogen (secondary N) is 2. The number of aryl methyl sites for hydroxylation is 2. The average Bonchev–Trinajstić information content (AvgIpc) is 2.72. The Balaban J connectivity index is 1.81. The second-order valence-electron chi connectivity index (χ2n) is 7.09. The van der Waals surface area contributed by atoms with Crippen molar-refractivity contribution in [2.75, 3.05) is 18.5 Å². The van der Waals surface area contributed by atoms with Crippen LogP contribution in [0.4, 0.5) is 5.69 Å². The number of hydrogen-bond acceptors (Lipinski definition) is 4. The van der Waals surface area contributed by atoms with E-state index in [2.05, 4.69) is 24.5 Å². The number of ether oxygens (including phenoxy) is 1. The number of para-hydroxylation sites is 1. The average molecular weight is 396 g/mol. The molecule has 0 fully saturated rings. The van der Waals surface area contributed by atoms with Crippen LogP contribution >= 0.6 is 0 Å². The molecule has 0 unspecified atom stereocenters. The maximum atomic E-state index is 12.1. The van der Waals surface area contributed by atoms with Gasteiger partial charge < -0.3 is 15.4 Å². The SMILES string of the molecule is CC[C@@H](C)c1ccccc1NC(=O)COC(=O)CNC(=O)c1ccc(C)c(C)c1. The van der Waals surface area contributed by atoms with Crippen molar-refractivity contribution in [1.82, 2.24) is 5.32 Å². The zero-order valence-corrected chi connectivity index (χ0v) is 17.4. The summed E-state index contributed by atoms with van der Waals surface area (Å²) in [6, 6.07) is 12.9. The van der Waals surface area contributed by atoms with Crippen LogP contribution in [-0.2, 0) is 14.3 Å². The van der Waals surface area contributed by atoms with Gasteiger partial charge in [-0.25, -0.2) is 0 Å². The molecule has 0 radical (unpaired) electrons. The highest BCUT2D eigenvalue weighted by molar-refractivity contribution is 5.97.